The van der Waals surface area contributed by atoms with Crippen molar-refractivity contribution >= 4 is 40.8 Å². The summed E-state index contributed by atoms with van der Waals surface area (Å²) in [5, 5.41) is 8.18. The average Bonchev–Trinajstić information content (AvgIpc) is 2.75. The highest BCUT2D eigenvalue weighted by Crippen LogP contribution is 2.27. The molecule has 2 amide bonds. The summed E-state index contributed by atoms with van der Waals surface area (Å²) in [4.78, 5) is 47.4. The molecule has 0 aliphatic heterocycles. The van der Waals surface area contributed by atoms with Crippen molar-refractivity contribution in [2.75, 3.05) is 43.8 Å². The van der Waals surface area contributed by atoms with Crippen LogP contribution in [-0.2, 0) is 19.1 Å². The van der Waals surface area contributed by atoms with Crippen LogP contribution >= 0.6 is 0 Å². The second-order valence-electron chi connectivity index (χ2n) is 6.28. The first-order valence-corrected chi connectivity index (χ1v) is 9.08. The number of hydrogen-bond donors (Lipinski definition) is 3. The molecule has 0 bridgehead atoms. The molecule has 10 heteroatoms. The number of ether oxygens (including phenoxy) is 3. The second-order valence-corrected chi connectivity index (χ2v) is 6.28. The summed E-state index contributed by atoms with van der Waals surface area (Å²) in [5.41, 5.74) is 1.40. The normalized spacial score (nSPS) is 9.94. The number of methoxy groups -OCH3 is 3. The number of hydrogen-bond acceptors (Lipinski definition) is 8. The van der Waals surface area contributed by atoms with Crippen molar-refractivity contribution in [1.29, 1.82) is 0 Å². The van der Waals surface area contributed by atoms with Gasteiger partial charge in [-0.3, -0.25) is 9.59 Å². The lowest BCUT2D eigenvalue weighted by molar-refractivity contribution is -0.115. The molecule has 0 aromatic heterocycles. The Balaban J connectivity index is 2.16. The summed E-state index contributed by atoms with van der Waals surface area (Å²) in [5.74, 6) is -1.55. The SMILES string of the molecule is COC(=O)c1cc(NC(=O)CNc2cc(NC(C)=O)ccc2OC)cc(C(=O)OC)c1. The predicted octanol–water partition coefficient (Wildman–Crippen LogP) is 2.28. The molecular formula is C21H23N3O7. The van der Waals surface area contributed by atoms with Gasteiger partial charge in [0.2, 0.25) is 11.8 Å². The highest BCUT2D eigenvalue weighted by atomic mass is 16.5. The number of amides is 2. The van der Waals surface area contributed by atoms with E-state index in [2.05, 4.69) is 25.4 Å². The minimum absolute atomic E-state index is 0.0818. The Morgan fingerprint density at radius 2 is 1.42 bits per heavy atom. The minimum Gasteiger partial charge on any atom is -0.495 e. The highest BCUT2D eigenvalue weighted by Gasteiger charge is 2.15. The van der Waals surface area contributed by atoms with Crippen LogP contribution in [0.25, 0.3) is 0 Å². The molecule has 0 radical (unpaired) electrons. The lowest BCUT2D eigenvalue weighted by Crippen LogP contribution is -2.22. The zero-order chi connectivity index (χ0) is 23.0. The summed E-state index contributed by atoms with van der Waals surface area (Å²) in [6, 6.07) is 9.01. The fraction of sp³-hybridized carbons (Fsp3) is 0.238. The molecule has 0 atom stereocenters. The Bertz CT molecular complexity index is 970. The van der Waals surface area contributed by atoms with E-state index in [4.69, 9.17) is 4.74 Å². The van der Waals surface area contributed by atoms with E-state index in [1.54, 1.807) is 18.2 Å². The molecule has 0 saturated heterocycles. The van der Waals surface area contributed by atoms with Crippen molar-refractivity contribution in [3.05, 3.63) is 47.5 Å². The molecule has 31 heavy (non-hydrogen) atoms. The zero-order valence-electron chi connectivity index (χ0n) is 17.5. The monoisotopic (exact) mass is 429 g/mol. The smallest absolute Gasteiger partial charge is 0.337 e. The van der Waals surface area contributed by atoms with Gasteiger partial charge >= 0.3 is 11.9 Å². The van der Waals surface area contributed by atoms with E-state index >= 15 is 0 Å². The average molecular weight is 429 g/mol. The lowest BCUT2D eigenvalue weighted by Gasteiger charge is -2.14. The van der Waals surface area contributed by atoms with Crippen LogP contribution in [0.5, 0.6) is 5.75 Å². The summed E-state index contributed by atoms with van der Waals surface area (Å²) in [7, 11) is 3.89. The summed E-state index contributed by atoms with van der Waals surface area (Å²) in [6.45, 7) is 1.23. The number of esters is 2. The van der Waals surface area contributed by atoms with Crippen LogP contribution in [-0.4, -0.2) is 51.6 Å². The van der Waals surface area contributed by atoms with Crippen molar-refractivity contribution in [3.63, 3.8) is 0 Å². The van der Waals surface area contributed by atoms with Gasteiger partial charge in [0.15, 0.2) is 0 Å². The number of nitrogens with one attached hydrogen (secondary N) is 3. The fourth-order valence-corrected chi connectivity index (χ4v) is 2.68. The van der Waals surface area contributed by atoms with Gasteiger partial charge in [0, 0.05) is 18.3 Å². The molecule has 3 N–H and O–H groups in total. The minimum atomic E-state index is -0.668. The Hall–Kier alpha value is -4.08. The first kappa shape index (κ1) is 23.2. The second kappa shape index (κ2) is 10.6. The third-order valence-corrected chi connectivity index (χ3v) is 4.02. The molecule has 2 rings (SSSR count). The Labute approximate surface area is 178 Å². The molecule has 0 fully saturated rings. The molecule has 0 heterocycles. The van der Waals surface area contributed by atoms with Crippen LogP contribution in [0.3, 0.4) is 0 Å². The Morgan fingerprint density at radius 1 is 0.806 bits per heavy atom. The van der Waals surface area contributed by atoms with Gasteiger partial charge in [-0.2, -0.15) is 0 Å². The van der Waals surface area contributed by atoms with Crippen molar-refractivity contribution < 1.29 is 33.4 Å². The van der Waals surface area contributed by atoms with Gasteiger partial charge in [0.25, 0.3) is 0 Å². The number of carbonyl (C=O) groups is 4. The van der Waals surface area contributed by atoms with Crippen LogP contribution in [0, 0.1) is 0 Å². The molecule has 0 aliphatic carbocycles. The number of anilines is 3. The summed E-state index contributed by atoms with van der Waals surface area (Å²) < 4.78 is 14.6. The maximum atomic E-state index is 12.4. The van der Waals surface area contributed by atoms with Crippen LogP contribution < -0.4 is 20.7 Å². The van der Waals surface area contributed by atoms with Gasteiger partial charge in [0.1, 0.15) is 5.75 Å². The molecule has 0 spiro atoms. The number of benzene rings is 2. The third kappa shape index (κ3) is 6.46. The van der Waals surface area contributed by atoms with E-state index in [9.17, 15) is 19.2 Å². The van der Waals surface area contributed by atoms with Gasteiger partial charge in [-0.25, -0.2) is 9.59 Å². The van der Waals surface area contributed by atoms with Crippen LogP contribution in [0.1, 0.15) is 27.6 Å². The van der Waals surface area contributed by atoms with E-state index in [1.165, 1.54) is 46.5 Å². The number of rotatable bonds is 8. The molecule has 2 aromatic carbocycles. The van der Waals surface area contributed by atoms with Crippen LogP contribution in [0.2, 0.25) is 0 Å². The Kier molecular flexibility index (Phi) is 7.95. The standard InChI is InChI=1S/C21H23N3O7/c1-12(25)23-15-5-6-18(29-2)17(10-15)22-11-19(26)24-16-8-13(20(27)30-3)7-14(9-16)21(28)31-4/h5-10,22H,11H2,1-4H3,(H,23,25)(H,24,26). The van der Waals surface area contributed by atoms with E-state index in [-0.39, 0.29) is 29.3 Å². The zero-order valence-corrected chi connectivity index (χ0v) is 17.5. The van der Waals surface area contributed by atoms with E-state index < -0.39 is 17.8 Å². The lowest BCUT2D eigenvalue weighted by atomic mass is 10.1. The predicted molar refractivity (Wildman–Crippen MR) is 114 cm³/mol. The highest BCUT2D eigenvalue weighted by molar-refractivity contribution is 6.00. The molecule has 10 nitrogen and oxygen atoms in total. The van der Waals surface area contributed by atoms with E-state index in [0.717, 1.165) is 0 Å². The molecular weight excluding hydrogens is 406 g/mol. The molecule has 0 unspecified atom stereocenters. The quantitative estimate of drug-likeness (QED) is 0.545. The maximum absolute atomic E-state index is 12.4. The fourth-order valence-electron chi connectivity index (χ4n) is 2.68. The summed E-state index contributed by atoms with van der Waals surface area (Å²) >= 11 is 0. The maximum Gasteiger partial charge on any atom is 0.337 e. The van der Waals surface area contributed by atoms with E-state index in [1.807, 2.05) is 0 Å². The molecule has 0 aliphatic rings. The topological polar surface area (TPSA) is 132 Å². The van der Waals surface area contributed by atoms with Gasteiger partial charge < -0.3 is 30.2 Å². The van der Waals surface area contributed by atoms with Crippen molar-refractivity contribution in [2.45, 2.75) is 6.92 Å². The van der Waals surface area contributed by atoms with E-state index in [0.29, 0.717) is 17.1 Å². The third-order valence-electron chi connectivity index (χ3n) is 4.02. The largest absolute Gasteiger partial charge is 0.495 e. The number of carbonyl (C=O) groups excluding carboxylic acids is 4. The summed E-state index contributed by atoms with van der Waals surface area (Å²) in [6.07, 6.45) is 0. The molecule has 2 aromatic rings. The van der Waals surface area contributed by atoms with Gasteiger partial charge in [-0.15, -0.1) is 0 Å². The van der Waals surface area contributed by atoms with Gasteiger partial charge in [-0.05, 0) is 36.4 Å². The van der Waals surface area contributed by atoms with Crippen LogP contribution in [0.15, 0.2) is 36.4 Å². The molecule has 0 saturated carbocycles. The van der Waals surface area contributed by atoms with Crippen molar-refractivity contribution in [1.82, 2.24) is 0 Å². The van der Waals surface area contributed by atoms with Crippen molar-refractivity contribution in [2.24, 2.45) is 0 Å². The first-order chi connectivity index (χ1) is 14.8. The van der Waals surface area contributed by atoms with Gasteiger partial charge in [0.05, 0.1) is 44.7 Å². The van der Waals surface area contributed by atoms with Crippen LogP contribution in [0.4, 0.5) is 17.1 Å². The Morgan fingerprint density at radius 3 is 1.94 bits per heavy atom. The van der Waals surface area contributed by atoms with Gasteiger partial charge in [-0.1, -0.05) is 0 Å². The first-order valence-electron chi connectivity index (χ1n) is 9.08. The molecule has 164 valence electrons. The van der Waals surface area contributed by atoms with Crippen molar-refractivity contribution in [3.8, 4) is 5.75 Å².